The van der Waals surface area contributed by atoms with Crippen LogP contribution in [0.25, 0.3) is 0 Å². The number of carbonyl (C=O) groups excluding carboxylic acids is 2. The average molecular weight is 584 g/mol. The summed E-state index contributed by atoms with van der Waals surface area (Å²) in [6.07, 6.45) is 1.21. The number of nitrogens with zero attached hydrogens (tertiary/aromatic N) is 2. The van der Waals surface area contributed by atoms with Crippen molar-refractivity contribution in [3.8, 4) is 5.75 Å². The van der Waals surface area contributed by atoms with Crippen molar-refractivity contribution in [2.24, 2.45) is 0 Å². The van der Waals surface area contributed by atoms with E-state index >= 15 is 0 Å². The summed E-state index contributed by atoms with van der Waals surface area (Å²) in [6, 6.07) is 20.3. The molecule has 3 rings (SSSR count). The molecule has 41 heavy (non-hydrogen) atoms. The molecular weight excluding hydrogens is 545 g/mol. The molecule has 10 heteroatoms. The van der Waals surface area contributed by atoms with Gasteiger partial charge in [-0.3, -0.25) is 13.9 Å². The zero-order valence-corrected chi connectivity index (χ0v) is 24.9. The molecule has 8 nitrogen and oxygen atoms in total. The van der Waals surface area contributed by atoms with Gasteiger partial charge in [0.2, 0.25) is 21.8 Å². The lowest BCUT2D eigenvalue weighted by atomic mass is 10.0. The number of hydrogen-bond donors (Lipinski definition) is 1. The molecule has 3 aromatic rings. The fourth-order valence-corrected chi connectivity index (χ4v) is 5.13. The number of halogens is 1. The highest BCUT2D eigenvalue weighted by Crippen LogP contribution is 2.23. The number of hydrogen-bond acceptors (Lipinski definition) is 5. The third-order valence-corrected chi connectivity index (χ3v) is 7.29. The molecule has 0 radical (unpaired) electrons. The lowest BCUT2D eigenvalue weighted by Gasteiger charge is -2.35. The second-order valence-electron chi connectivity index (χ2n) is 10.8. The largest absolute Gasteiger partial charge is 0.494 e. The van der Waals surface area contributed by atoms with Crippen LogP contribution in [0.5, 0.6) is 5.75 Å². The van der Waals surface area contributed by atoms with Crippen molar-refractivity contribution in [3.63, 3.8) is 0 Å². The van der Waals surface area contributed by atoms with E-state index in [2.05, 4.69) is 5.32 Å². The van der Waals surface area contributed by atoms with Gasteiger partial charge in [-0.1, -0.05) is 42.5 Å². The van der Waals surface area contributed by atoms with E-state index in [0.717, 1.165) is 16.1 Å². The maximum atomic E-state index is 14.1. The Hall–Kier alpha value is -3.92. The van der Waals surface area contributed by atoms with Crippen molar-refractivity contribution in [2.45, 2.75) is 52.2 Å². The molecule has 0 aliphatic carbocycles. The van der Waals surface area contributed by atoms with Gasteiger partial charge in [0.15, 0.2) is 0 Å². The second-order valence-corrected chi connectivity index (χ2v) is 12.7. The van der Waals surface area contributed by atoms with Crippen molar-refractivity contribution in [2.75, 3.05) is 23.7 Å². The van der Waals surface area contributed by atoms with E-state index in [1.807, 2.05) is 58.0 Å². The van der Waals surface area contributed by atoms with E-state index in [0.29, 0.717) is 17.9 Å². The molecule has 0 unspecified atom stereocenters. The van der Waals surface area contributed by atoms with Gasteiger partial charge in [0, 0.05) is 18.5 Å². The quantitative estimate of drug-likeness (QED) is 0.338. The molecule has 3 aromatic carbocycles. The number of rotatable bonds is 12. The van der Waals surface area contributed by atoms with Gasteiger partial charge in [-0.25, -0.2) is 12.8 Å². The smallest absolute Gasteiger partial charge is 0.244 e. The topological polar surface area (TPSA) is 96.0 Å². The van der Waals surface area contributed by atoms with Crippen LogP contribution in [0.4, 0.5) is 10.1 Å². The zero-order valence-electron chi connectivity index (χ0n) is 24.1. The van der Waals surface area contributed by atoms with Crippen molar-refractivity contribution in [1.29, 1.82) is 0 Å². The molecule has 2 amide bonds. The van der Waals surface area contributed by atoms with Crippen LogP contribution >= 0.6 is 0 Å². The molecule has 0 saturated heterocycles. The molecule has 0 heterocycles. The minimum absolute atomic E-state index is 0.0327. The standard InChI is InChI=1S/C31H38FN3O5S/c1-6-40-27-18-16-26(17-19-27)35(41(5,38)39)22-29(36)34(21-24-12-14-25(32)15-13-24)28(30(37)33-31(2,3)4)20-23-10-8-7-9-11-23/h7-19,28H,6,20-22H2,1-5H3,(H,33,37)/t28-/m1/s1. The van der Waals surface area contributed by atoms with Crippen LogP contribution in [-0.4, -0.2) is 56.1 Å². The number of benzene rings is 3. The lowest BCUT2D eigenvalue weighted by Crippen LogP contribution is -2.56. The Bertz CT molecular complexity index is 1410. The Balaban J connectivity index is 2.04. The summed E-state index contributed by atoms with van der Waals surface area (Å²) in [5, 5.41) is 2.96. The van der Waals surface area contributed by atoms with E-state index in [4.69, 9.17) is 4.74 Å². The molecule has 1 N–H and O–H groups in total. The van der Waals surface area contributed by atoms with Crippen LogP contribution < -0.4 is 14.4 Å². The number of ether oxygens (including phenoxy) is 1. The zero-order chi connectivity index (χ0) is 30.2. The van der Waals surface area contributed by atoms with Gasteiger partial charge >= 0.3 is 0 Å². The minimum atomic E-state index is -3.89. The maximum Gasteiger partial charge on any atom is 0.244 e. The first-order chi connectivity index (χ1) is 19.3. The third kappa shape index (κ3) is 9.60. The molecule has 0 saturated carbocycles. The first-order valence-electron chi connectivity index (χ1n) is 13.4. The number of amides is 2. The van der Waals surface area contributed by atoms with Gasteiger partial charge in [0.05, 0.1) is 18.6 Å². The highest BCUT2D eigenvalue weighted by atomic mass is 32.2. The fraction of sp³-hybridized carbons (Fsp3) is 0.355. The second kappa shape index (κ2) is 13.6. The van der Waals surface area contributed by atoms with E-state index < -0.39 is 39.9 Å². The number of carbonyl (C=O) groups is 2. The molecular formula is C31H38FN3O5S. The number of nitrogens with one attached hydrogen (secondary N) is 1. The molecule has 0 bridgehead atoms. The fourth-order valence-electron chi connectivity index (χ4n) is 4.28. The molecule has 0 aliphatic heterocycles. The molecule has 0 aromatic heterocycles. The summed E-state index contributed by atoms with van der Waals surface area (Å²) < 4.78 is 45.9. The van der Waals surface area contributed by atoms with Gasteiger partial charge < -0.3 is 15.0 Å². The average Bonchev–Trinajstić information content (AvgIpc) is 2.90. The minimum Gasteiger partial charge on any atom is -0.494 e. The van der Waals surface area contributed by atoms with Crippen LogP contribution in [0.3, 0.4) is 0 Å². The van der Waals surface area contributed by atoms with Gasteiger partial charge in [-0.15, -0.1) is 0 Å². The summed E-state index contributed by atoms with van der Waals surface area (Å²) in [5.41, 5.74) is 1.11. The van der Waals surface area contributed by atoms with Crippen LogP contribution in [-0.2, 0) is 32.6 Å². The molecule has 1 atom stereocenters. The molecule has 0 spiro atoms. The Kier molecular flexibility index (Phi) is 10.5. The van der Waals surface area contributed by atoms with Crippen molar-refractivity contribution in [1.82, 2.24) is 10.2 Å². The number of anilines is 1. The summed E-state index contributed by atoms with van der Waals surface area (Å²) in [4.78, 5) is 29.1. The highest BCUT2D eigenvalue weighted by molar-refractivity contribution is 7.92. The van der Waals surface area contributed by atoms with E-state index in [1.165, 1.54) is 29.2 Å². The number of sulfonamides is 1. The normalized spacial score (nSPS) is 12.3. The predicted octanol–water partition coefficient (Wildman–Crippen LogP) is 4.55. The third-order valence-electron chi connectivity index (χ3n) is 6.15. The lowest BCUT2D eigenvalue weighted by molar-refractivity contribution is -0.140. The van der Waals surface area contributed by atoms with Crippen LogP contribution in [0.2, 0.25) is 0 Å². The summed E-state index contributed by atoms with van der Waals surface area (Å²) in [6.45, 7) is 7.24. The monoisotopic (exact) mass is 583 g/mol. The van der Waals surface area contributed by atoms with Crippen molar-refractivity contribution < 1.29 is 27.1 Å². The van der Waals surface area contributed by atoms with E-state index in [1.54, 1.807) is 24.3 Å². The molecule has 220 valence electrons. The predicted molar refractivity (Wildman–Crippen MR) is 159 cm³/mol. The summed E-state index contributed by atoms with van der Waals surface area (Å²) in [7, 11) is -3.89. The van der Waals surface area contributed by atoms with Crippen LogP contribution in [0, 0.1) is 5.82 Å². The van der Waals surface area contributed by atoms with Crippen molar-refractivity contribution in [3.05, 3.63) is 95.8 Å². The van der Waals surface area contributed by atoms with Gasteiger partial charge in [0.1, 0.15) is 24.2 Å². The Morgan fingerprint density at radius 2 is 1.54 bits per heavy atom. The van der Waals surface area contributed by atoms with Crippen molar-refractivity contribution >= 4 is 27.5 Å². The maximum absolute atomic E-state index is 14.1. The van der Waals surface area contributed by atoms with Gasteiger partial charge in [-0.05, 0) is 75.2 Å². The summed E-state index contributed by atoms with van der Waals surface area (Å²) in [5.74, 6) is -0.838. The highest BCUT2D eigenvalue weighted by Gasteiger charge is 2.34. The Morgan fingerprint density at radius 1 is 0.927 bits per heavy atom. The van der Waals surface area contributed by atoms with E-state index in [9.17, 15) is 22.4 Å². The molecule has 0 fully saturated rings. The Labute approximate surface area is 242 Å². The first kappa shape index (κ1) is 31.6. The van der Waals surface area contributed by atoms with E-state index in [-0.39, 0.29) is 24.6 Å². The SMILES string of the molecule is CCOc1ccc(N(CC(=O)N(Cc2ccc(F)cc2)[C@H](Cc2ccccc2)C(=O)NC(C)(C)C)S(C)(=O)=O)cc1. The van der Waals surface area contributed by atoms with Gasteiger partial charge in [0.25, 0.3) is 0 Å². The molecule has 0 aliphatic rings. The Morgan fingerprint density at radius 3 is 2.07 bits per heavy atom. The first-order valence-corrected chi connectivity index (χ1v) is 15.2. The van der Waals surface area contributed by atoms with Gasteiger partial charge in [-0.2, -0.15) is 0 Å². The van der Waals surface area contributed by atoms with Crippen LogP contribution in [0.1, 0.15) is 38.8 Å². The van der Waals surface area contributed by atoms with Crippen LogP contribution in [0.15, 0.2) is 78.9 Å². The summed E-state index contributed by atoms with van der Waals surface area (Å²) >= 11 is 0.